The summed E-state index contributed by atoms with van der Waals surface area (Å²) < 4.78 is 4.59. The van der Waals surface area contributed by atoms with Gasteiger partial charge in [-0.2, -0.15) is 0 Å². The fourth-order valence-electron chi connectivity index (χ4n) is 1.19. The van der Waals surface area contributed by atoms with Crippen LogP contribution in [0.15, 0.2) is 33.4 Å². The van der Waals surface area contributed by atoms with E-state index in [1.165, 1.54) is 32.2 Å². The van der Waals surface area contributed by atoms with E-state index in [0.29, 0.717) is 0 Å². The highest BCUT2D eigenvalue weighted by Gasteiger charge is 2.14. The normalized spacial score (nSPS) is 12.1. The molecule has 4 heteroatoms. The molecule has 1 rings (SSSR count). The number of allylic oxidation sites excluding steroid dienone is 2. The number of aliphatic hydroxyl groups excluding tert-OH is 1. The van der Waals surface area contributed by atoms with Crippen molar-refractivity contribution in [3.63, 3.8) is 0 Å². The van der Waals surface area contributed by atoms with Gasteiger partial charge in [0.1, 0.15) is 5.76 Å². The summed E-state index contributed by atoms with van der Waals surface area (Å²) in [5.74, 6) is -0.556. The first-order valence-electron chi connectivity index (χ1n) is 4.03. The summed E-state index contributed by atoms with van der Waals surface area (Å²) in [5.41, 5.74) is -0.551. The van der Waals surface area contributed by atoms with Gasteiger partial charge >= 0.3 is 5.63 Å². The van der Waals surface area contributed by atoms with E-state index in [1.54, 1.807) is 0 Å². The predicted molar refractivity (Wildman–Crippen MR) is 50.9 cm³/mol. The molecule has 0 atom stereocenters. The number of rotatable bonds is 2. The second kappa shape index (κ2) is 3.91. The summed E-state index contributed by atoms with van der Waals surface area (Å²) in [7, 11) is 0. The Labute approximate surface area is 80.5 Å². The van der Waals surface area contributed by atoms with Crippen LogP contribution in [0.5, 0.6) is 0 Å². The molecule has 4 nitrogen and oxygen atoms in total. The lowest BCUT2D eigenvalue weighted by atomic mass is 10.0. The topological polar surface area (TPSA) is 67.5 Å². The summed E-state index contributed by atoms with van der Waals surface area (Å²) >= 11 is 0. The van der Waals surface area contributed by atoms with E-state index in [2.05, 4.69) is 4.42 Å². The number of carbonyl (C=O) groups is 1. The Bertz CT molecular complexity index is 435. The first-order valence-corrected chi connectivity index (χ1v) is 4.03. The summed E-state index contributed by atoms with van der Waals surface area (Å²) in [5, 5.41) is 9.24. The zero-order chi connectivity index (χ0) is 10.7. The molecule has 0 saturated carbocycles. The smallest absolute Gasteiger partial charge is 0.343 e. The molecule has 0 aromatic carbocycles. The molecule has 0 amide bonds. The first-order chi connectivity index (χ1) is 6.54. The lowest BCUT2D eigenvalue weighted by Gasteiger charge is -2.02. The molecule has 0 aliphatic heterocycles. The van der Waals surface area contributed by atoms with Crippen molar-refractivity contribution < 1.29 is 14.3 Å². The van der Waals surface area contributed by atoms with Crippen molar-refractivity contribution in [1.29, 1.82) is 0 Å². The highest BCUT2D eigenvalue weighted by molar-refractivity contribution is 6.19. The Hall–Kier alpha value is -1.84. The highest BCUT2D eigenvalue weighted by atomic mass is 16.4. The number of aliphatic hydroxyl groups is 1. The van der Waals surface area contributed by atoms with Crippen LogP contribution in [0.1, 0.15) is 19.4 Å². The van der Waals surface area contributed by atoms with Gasteiger partial charge in [-0.1, -0.05) is 0 Å². The fourth-order valence-corrected chi connectivity index (χ4v) is 1.19. The van der Waals surface area contributed by atoms with E-state index in [-0.39, 0.29) is 22.7 Å². The second-order valence-corrected chi connectivity index (χ2v) is 2.83. The van der Waals surface area contributed by atoms with Gasteiger partial charge in [0.15, 0.2) is 5.78 Å². The van der Waals surface area contributed by atoms with Gasteiger partial charge in [-0.3, -0.25) is 4.79 Å². The van der Waals surface area contributed by atoms with Crippen LogP contribution in [-0.2, 0) is 4.79 Å². The van der Waals surface area contributed by atoms with Crippen LogP contribution in [0.4, 0.5) is 0 Å². The Morgan fingerprint density at radius 2 is 2.07 bits per heavy atom. The molecule has 0 saturated heterocycles. The number of ketones is 1. The molecule has 0 bridgehead atoms. The SMILES string of the molecule is CC(=O)/C(=C(/C)O)c1cccoc1=O. The minimum absolute atomic E-state index is 0.000602. The lowest BCUT2D eigenvalue weighted by molar-refractivity contribution is -0.111. The van der Waals surface area contributed by atoms with Gasteiger partial charge in [0, 0.05) is 0 Å². The fraction of sp³-hybridized carbons (Fsp3) is 0.200. The van der Waals surface area contributed by atoms with Crippen molar-refractivity contribution >= 4 is 11.4 Å². The van der Waals surface area contributed by atoms with Gasteiger partial charge in [0.25, 0.3) is 0 Å². The van der Waals surface area contributed by atoms with Crippen LogP contribution < -0.4 is 5.63 Å². The molecule has 1 aromatic heterocycles. The molecular formula is C10H10O4. The van der Waals surface area contributed by atoms with Crippen molar-refractivity contribution in [1.82, 2.24) is 0 Å². The van der Waals surface area contributed by atoms with Crippen LogP contribution in [0.2, 0.25) is 0 Å². The Morgan fingerprint density at radius 1 is 1.43 bits per heavy atom. The van der Waals surface area contributed by atoms with Crippen LogP contribution in [-0.4, -0.2) is 10.9 Å². The standard InChI is InChI=1S/C10H10O4/c1-6(11)9(7(2)12)8-4-3-5-14-10(8)13/h3-5,11H,1-2H3/b9-6+. The van der Waals surface area contributed by atoms with Gasteiger partial charge in [0.2, 0.25) is 0 Å². The van der Waals surface area contributed by atoms with Gasteiger partial charge in [-0.15, -0.1) is 0 Å². The number of hydrogen-bond donors (Lipinski definition) is 1. The molecule has 1 heterocycles. The minimum atomic E-state index is -0.633. The monoisotopic (exact) mass is 194 g/mol. The summed E-state index contributed by atoms with van der Waals surface area (Å²) in [6, 6.07) is 2.92. The van der Waals surface area contributed by atoms with E-state index < -0.39 is 5.63 Å². The third kappa shape index (κ3) is 1.90. The summed E-state index contributed by atoms with van der Waals surface area (Å²) in [6.45, 7) is 2.63. The number of hydrogen-bond acceptors (Lipinski definition) is 4. The predicted octanol–water partition coefficient (Wildman–Crippen LogP) is 1.52. The lowest BCUT2D eigenvalue weighted by Crippen LogP contribution is -2.10. The Balaban J connectivity index is 3.43. The van der Waals surface area contributed by atoms with E-state index in [9.17, 15) is 14.7 Å². The molecule has 0 radical (unpaired) electrons. The third-order valence-corrected chi connectivity index (χ3v) is 1.72. The minimum Gasteiger partial charge on any atom is -0.512 e. The van der Waals surface area contributed by atoms with Crippen molar-refractivity contribution in [3.8, 4) is 0 Å². The average Bonchev–Trinajstić information content (AvgIpc) is 2.07. The quantitative estimate of drug-likeness (QED) is 0.572. The maximum atomic E-state index is 11.2. The van der Waals surface area contributed by atoms with E-state index in [1.807, 2.05) is 0 Å². The zero-order valence-corrected chi connectivity index (χ0v) is 7.90. The van der Waals surface area contributed by atoms with Crippen molar-refractivity contribution in [3.05, 3.63) is 40.1 Å². The third-order valence-electron chi connectivity index (χ3n) is 1.72. The van der Waals surface area contributed by atoms with Gasteiger partial charge in [-0.05, 0) is 26.0 Å². The van der Waals surface area contributed by atoms with Crippen LogP contribution >= 0.6 is 0 Å². The highest BCUT2D eigenvalue weighted by Crippen LogP contribution is 2.14. The van der Waals surface area contributed by atoms with Crippen molar-refractivity contribution in [2.75, 3.05) is 0 Å². The van der Waals surface area contributed by atoms with Gasteiger partial charge < -0.3 is 9.52 Å². The average molecular weight is 194 g/mol. The molecule has 14 heavy (non-hydrogen) atoms. The zero-order valence-electron chi connectivity index (χ0n) is 7.90. The van der Waals surface area contributed by atoms with Gasteiger partial charge in [0.05, 0.1) is 17.4 Å². The first kappa shape index (κ1) is 10.2. The van der Waals surface area contributed by atoms with Crippen molar-refractivity contribution in [2.45, 2.75) is 13.8 Å². The van der Waals surface area contributed by atoms with E-state index >= 15 is 0 Å². The largest absolute Gasteiger partial charge is 0.512 e. The van der Waals surface area contributed by atoms with Crippen LogP contribution in [0.25, 0.3) is 5.57 Å². The molecule has 0 aliphatic rings. The summed E-state index contributed by atoms with van der Waals surface area (Å²) in [6.07, 6.45) is 1.22. The van der Waals surface area contributed by atoms with E-state index in [0.717, 1.165) is 0 Å². The molecule has 0 unspecified atom stereocenters. The number of Topliss-reactive ketones (excluding diaryl/α,β-unsaturated/α-hetero) is 1. The molecule has 74 valence electrons. The van der Waals surface area contributed by atoms with Crippen LogP contribution in [0, 0.1) is 0 Å². The molecule has 0 spiro atoms. The molecule has 0 fully saturated rings. The van der Waals surface area contributed by atoms with Crippen molar-refractivity contribution in [2.24, 2.45) is 0 Å². The molecular weight excluding hydrogens is 184 g/mol. The maximum absolute atomic E-state index is 11.2. The molecule has 0 aliphatic carbocycles. The second-order valence-electron chi connectivity index (χ2n) is 2.83. The van der Waals surface area contributed by atoms with E-state index in [4.69, 9.17) is 0 Å². The maximum Gasteiger partial charge on any atom is 0.343 e. The summed E-state index contributed by atoms with van der Waals surface area (Å²) in [4.78, 5) is 22.3. The Morgan fingerprint density at radius 3 is 2.50 bits per heavy atom. The molecule has 1 aromatic rings. The van der Waals surface area contributed by atoms with Crippen LogP contribution in [0.3, 0.4) is 0 Å². The molecule has 1 N–H and O–H groups in total. The van der Waals surface area contributed by atoms with Gasteiger partial charge in [-0.25, -0.2) is 4.79 Å². The number of carbonyl (C=O) groups excluding carboxylic acids is 1. The Kier molecular flexibility index (Phi) is 2.86.